The lowest BCUT2D eigenvalue weighted by Gasteiger charge is -2.12. The van der Waals surface area contributed by atoms with E-state index >= 15 is 0 Å². The molecule has 0 spiro atoms. The maximum Gasteiger partial charge on any atom is 0.225 e. The van der Waals surface area contributed by atoms with Crippen molar-refractivity contribution in [1.82, 2.24) is 9.97 Å². The molecule has 0 aliphatic rings. The second kappa shape index (κ2) is 7.32. The summed E-state index contributed by atoms with van der Waals surface area (Å²) in [5.41, 5.74) is 4.12. The summed E-state index contributed by atoms with van der Waals surface area (Å²) < 4.78 is 0. The van der Waals surface area contributed by atoms with Crippen LogP contribution in [0.3, 0.4) is 0 Å². The maximum atomic E-state index is 6.08. The van der Waals surface area contributed by atoms with Crippen LogP contribution in [0.1, 0.15) is 16.8 Å². The predicted octanol–water partition coefficient (Wildman–Crippen LogP) is 5.10. The van der Waals surface area contributed by atoms with E-state index in [4.69, 9.17) is 11.6 Å². The molecule has 1 aromatic heterocycles. The van der Waals surface area contributed by atoms with Gasteiger partial charge in [0, 0.05) is 29.0 Å². The van der Waals surface area contributed by atoms with E-state index in [1.807, 2.05) is 56.3 Å². The summed E-state index contributed by atoms with van der Waals surface area (Å²) in [7, 11) is 0. The number of hydrogen-bond acceptors (Lipinski definition) is 4. The van der Waals surface area contributed by atoms with Crippen LogP contribution in [0.15, 0.2) is 54.6 Å². The second-order valence-corrected chi connectivity index (χ2v) is 6.08. The van der Waals surface area contributed by atoms with Gasteiger partial charge < -0.3 is 10.6 Å². The summed E-state index contributed by atoms with van der Waals surface area (Å²) >= 11 is 6.08. The Hall–Kier alpha value is -2.59. The Balaban J connectivity index is 1.77. The van der Waals surface area contributed by atoms with Crippen molar-refractivity contribution in [2.45, 2.75) is 20.4 Å². The number of aryl methyl sites for hydroxylation is 2. The highest BCUT2D eigenvalue weighted by molar-refractivity contribution is 6.30. The largest absolute Gasteiger partial charge is 0.350 e. The Labute approximate surface area is 146 Å². The molecule has 0 fully saturated rings. The van der Waals surface area contributed by atoms with E-state index in [1.54, 1.807) is 0 Å². The van der Waals surface area contributed by atoms with Crippen molar-refractivity contribution in [2.75, 3.05) is 10.6 Å². The third-order valence-corrected chi connectivity index (χ3v) is 3.85. The SMILES string of the molecule is Cc1cc(Nc2cc(Cl)ccc2C)nc(NCc2ccccc2)n1. The van der Waals surface area contributed by atoms with Crippen molar-refractivity contribution in [2.24, 2.45) is 0 Å². The fourth-order valence-electron chi connectivity index (χ4n) is 2.36. The summed E-state index contributed by atoms with van der Waals surface area (Å²) in [4.78, 5) is 8.98. The van der Waals surface area contributed by atoms with Gasteiger partial charge in [-0.05, 0) is 37.1 Å². The zero-order valence-corrected chi connectivity index (χ0v) is 14.4. The lowest BCUT2D eigenvalue weighted by atomic mass is 10.2. The Morgan fingerprint density at radius 3 is 2.54 bits per heavy atom. The molecule has 122 valence electrons. The number of benzene rings is 2. The third kappa shape index (κ3) is 4.24. The van der Waals surface area contributed by atoms with Gasteiger partial charge in [0.2, 0.25) is 5.95 Å². The Bertz CT molecular complexity index is 834. The van der Waals surface area contributed by atoms with E-state index in [9.17, 15) is 0 Å². The van der Waals surface area contributed by atoms with E-state index in [2.05, 4.69) is 32.7 Å². The number of halogens is 1. The smallest absolute Gasteiger partial charge is 0.225 e. The highest BCUT2D eigenvalue weighted by Crippen LogP contribution is 2.24. The Kier molecular flexibility index (Phi) is 4.96. The molecular formula is C19H19ClN4. The van der Waals surface area contributed by atoms with Crippen LogP contribution in [0.25, 0.3) is 0 Å². The molecule has 5 heteroatoms. The molecule has 1 heterocycles. The molecule has 2 aromatic carbocycles. The van der Waals surface area contributed by atoms with Crippen molar-refractivity contribution in [3.05, 3.63) is 76.4 Å². The van der Waals surface area contributed by atoms with Crippen molar-refractivity contribution >= 4 is 29.1 Å². The summed E-state index contributed by atoms with van der Waals surface area (Å²) in [5, 5.41) is 7.27. The van der Waals surface area contributed by atoms with Crippen LogP contribution in [0.2, 0.25) is 5.02 Å². The van der Waals surface area contributed by atoms with Gasteiger partial charge in [0.05, 0.1) is 0 Å². The van der Waals surface area contributed by atoms with Crippen LogP contribution in [0.5, 0.6) is 0 Å². The van der Waals surface area contributed by atoms with Gasteiger partial charge in [0.15, 0.2) is 0 Å². The number of anilines is 3. The Morgan fingerprint density at radius 2 is 1.75 bits per heavy atom. The van der Waals surface area contributed by atoms with E-state index in [0.717, 1.165) is 22.8 Å². The van der Waals surface area contributed by atoms with E-state index in [0.29, 0.717) is 17.5 Å². The number of rotatable bonds is 5. The maximum absolute atomic E-state index is 6.08. The van der Waals surface area contributed by atoms with Gasteiger partial charge in [0.1, 0.15) is 5.82 Å². The minimum absolute atomic E-state index is 0.598. The zero-order valence-electron chi connectivity index (χ0n) is 13.7. The van der Waals surface area contributed by atoms with E-state index in [1.165, 1.54) is 5.56 Å². The molecule has 0 unspecified atom stereocenters. The van der Waals surface area contributed by atoms with Crippen LogP contribution in [0.4, 0.5) is 17.5 Å². The summed E-state index contributed by atoms with van der Waals surface area (Å²) in [5.74, 6) is 1.34. The first-order chi connectivity index (χ1) is 11.6. The summed E-state index contributed by atoms with van der Waals surface area (Å²) in [6.07, 6.45) is 0. The van der Waals surface area contributed by atoms with Gasteiger partial charge >= 0.3 is 0 Å². The lowest BCUT2D eigenvalue weighted by Crippen LogP contribution is -2.06. The first-order valence-electron chi connectivity index (χ1n) is 7.77. The first kappa shape index (κ1) is 16.3. The van der Waals surface area contributed by atoms with Gasteiger partial charge in [-0.1, -0.05) is 48.0 Å². The number of hydrogen-bond donors (Lipinski definition) is 2. The van der Waals surface area contributed by atoms with Gasteiger partial charge in [-0.15, -0.1) is 0 Å². The number of nitrogens with one attached hydrogen (secondary N) is 2. The van der Waals surface area contributed by atoms with Crippen LogP contribution in [-0.4, -0.2) is 9.97 Å². The van der Waals surface area contributed by atoms with Crippen molar-refractivity contribution in [3.8, 4) is 0 Å². The molecular weight excluding hydrogens is 320 g/mol. The second-order valence-electron chi connectivity index (χ2n) is 5.64. The van der Waals surface area contributed by atoms with Crippen LogP contribution in [0, 0.1) is 13.8 Å². The van der Waals surface area contributed by atoms with Crippen LogP contribution < -0.4 is 10.6 Å². The van der Waals surface area contributed by atoms with E-state index < -0.39 is 0 Å². The van der Waals surface area contributed by atoms with Crippen molar-refractivity contribution in [3.63, 3.8) is 0 Å². The molecule has 24 heavy (non-hydrogen) atoms. The minimum Gasteiger partial charge on any atom is -0.350 e. The standard InChI is InChI=1S/C19H19ClN4/c1-13-8-9-16(20)11-17(13)23-18-10-14(2)22-19(24-18)21-12-15-6-4-3-5-7-15/h3-11H,12H2,1-2H3,(H2,21,22,23,24). The Morgan fingerprint density at radius 1 is 0.958 bits per heavy atom. The summed E-state index contributed by atoms with van der Waals surface area (Å²) in [6, 6.07) is 17.8. The fourth-order valence-corrected chi connectivity index (χ4v) is 2.53. The molecule has 0 aliphatic heterocycles. The monoisotopic (exact) mass is 338 g/mol. The quantitative estimate of drug-likeness (QED) is 0.679. The van der Waals surface area contributed by atoms with E-state index in [-0.39, 0.29) is 0 Å². The third-order valence-electron chi connectivity index (χ3n) is 3.61. The molecule has 0 amide bonds. The van der Waals surface area contributed by atoms with Gasteiger partial charge in [-0.2, -0.15) is 4.98 Å². The number of aromatic nitrogens is 2. The van der Waals surface area contributed by atoms with Crippen LogP contribution in [-0.2, 0) is 6.54 Å². The van der Waals surface area contributed by atoms with Crippen LogP contribution >= 0.6 is 11.6 Å². The molecule has 0 atom stereocenters. The zero-order chi connectivity index (χ0) is 16.9. The molecule has 0 saturated carbocycles. The average molecular weight is 339 g/mol. The van der Waals surface area contributed by atoms with Gasteiger partial charge in [-0.3, -0.25) is 0 Å². The molecule has 0 bridgehead atoms. The first-order valence-corrected chi connectivity index (χ1v) is 8.14. The van der Waals surface area contributed by atoms with Gasteiger partial charge in [-0.25, -0.2) is 4.98 Å². The molecule has 0 saturated heterocycles. The molecule has 3 rings (SSSR count). The molecule has 4 nitrogen and oxygen atoms in total. The van der Waals surface area contributed by atoms with Crippen molar-refractivity contribution in [1.29, 1.82) is 0 Å². The summed E-state index contributed by atoms with van der Waals surface area (Å²) in [6.45, 7) is 4.66. The fraction of sp³-hybridized carbons (Fsp3) is 0.158. The number of nitrogens with zero attached hydrogens (tertiary/aromatic N) is 2. The minimum atomic E-state index is 0.598. The molecule has 2 N–H and O–H groups in total. The van der Waals surface area contributed by atoms with Crippen molar-refractivity contribution < 1.29 is 0 Å². The highest BCUT2D eigenvalue weighted by atomic mass is 35.5. The topological polar surface area (TPSA) is 49.8 Å². The molecule has 0 aliphatic carbocycles. The van der Waals surface area contributed by atoms with Gasteiger partial charge in [0.25, 0.3) is 0 Å². The predicted molar refractivity (Wildman–Crippen MR) is 100 cm³/mol. The normalized spacial score (nSPS) is 10.5. The molecule has 0 radical (unpaired) electrons. The lowest BCUT2D eigenvalue weighted by molar-refractivity contribution is 1.03. The highest BCUT2D eigenvalue weighted by Gasteiger charge is 2.05. The average Bonchev–Trinajstić information content (AvgIpc) is 2.57. The molecule has 3 aromatic rings.